The zero-order valence-corrected chi connectivity index (χ0v) is 30.0. The van der Waals surface area contributed by atoms with Gasteiger partial charge in [0.2, 0.25) is 0 Å². The standard InChI is InChI=1S/C47H27F7N4/c48-34-15-9-14-30(24-34)31-18-22-38(45-56-43(28-10-3-1-4-11-28)55-44(57-45)29-12-5-2-6-13-29)42(25-31)58-40-17-8-7-16-36(40)37-21-19-32(26-41(37)58)35-23-20-33(46(49,50)51)27-39(35)47(52,53)54/h1-27H. The second-order valence-corrected chi connectivity index (χ2v) is 13.6. The number of alkyl halides is 6. The highest BCUT2D eigenvalue weighted by Gasteiger charge is 2.38. The number of hydrogen-bond donors (Lipinski definition) is 0. The molecule has 0 aliphatic rings. The maximum absolute atomic E-state index is 14.6. The highest BCUT2D eigenvalue weighted by Crippen LogP contribution is 2.44. The normalized spacial score (nSPS) is 12.1. The van der Waals surface area contributed by atoms with E-state index >= 15 is 0 Å². The van der Waals surface area contributed by atoms with Crippen molar-refractivity contribution < 1.29 is 30.7 Å². The molecule has 0 unspecified atom stereocenters. The summed E-state index contributed by atoms with van der Waals surface area (Å²) in [7, 11) is 0. The first-order chi connectivity index (χ1) is 27.9. The summed E-state index contributed by atoms with van der Waals surface area (Å²) in [6, 6.07) is 44.1. The molecule has 58 heavy (non-hydrogen) atoms. The van der Waals surface area contributed by atoms with Crippen LogP contribution in [0.2, 0.25) is 0 Å². The zero-order chi connectivity index (χ0) is 40.2. The molecule has 0 amide bonds. The molecule has 0 radical (unpaired) electrons. The summed E-state index contributed by atoms with van der Waals surface area (Å²) >= 11 is 0. The van der Waals surface area contributed by atoms with Gasteiger partial charge in [0.25, 0.3) is 0 Å². The Morgan fingerprint density at radius 2 is 0.966 bits per heavy atom. The predicted octanol–water partition coefficient (Wildman–Crippen LogP) is 13.5. The third kappa shape index (κ3) is 6.74. The number of rotatable bonds is 6. The van der Waals surface area contributed by atoms with Crippen molar-refractivity contribution >= 4 is 21.8 Å². The molecular weight excluding hydrogens is 754 g/mol. The minimum atomic E-state index is -5.09. The fourth-order valence-corrected chi connectivity index (χ4v) is 7.29. The number of benzene rings is 7. The summed E-state index contributed by atoms with van der Waals surface area (Å²) in [6.07, 6.45) is -10.1. The molecule has 0 saturated heterocycles. The molecule has 7 aromatic carbocycles. The summed E-state index contributed by atoms with van der Waals surface area (Å²) in [5, 5.41) is 1.44. The van der Waals surface area contributed by atoms with Crippen LogP contribution in [0.3, 0.4) is 0 Å². The molecule has 2 aromatic heterocycles. The van der Waals surface area contributed by atoms with Gasteiger partial charge in [-0.25, -0.2) is 19.3 Å². The van der Waals surface area contributed by atoms with E-state index in [1.54, 1.807) is 24.3 Å². The van der Waals surface area contributed by atoms with Crippen molar-refractivity contribution in [2.24, 2.45) is 0 Å². The van der Waals surface area contributed by atoms with Crippen LogP contribution >= 0.6 is 0 Å². The molecular formula is C47H27F7N4. The Kier molecular flexibility index (Phi) is 8.88. The first-order valence-electron chi connectivity index (χ1n) is 18.0. The number of para-hydroxylation sites is 1. The molecule has 2 heterocycles. The first kappa shape index (κ1) is 36.5. The topological polar surface area (TPSA) is 43.6 Å². The molecule has 0 atom stereocenters. The van der Waals surface area contributed by atoms with Gasteiger partial charge >= 0.3 is 12.4 Å². The number of aromatic nitrogens is 4. The van der Waals surface area contributed by atoms with Crippen molar-refractivity contribution in [1.29, 1.82) is 0 Å². The van der Waals surface area contributed by atoms with Crippen LogP contribution in [0, 0.1) is 5.82 Å². The average molecular weight is 781 g/mol. The quantitative estimate of drug-likeness (QED) is 0.158. The molecule has 0 saturated carbocycles. The van der Waals surface area contributed by atoms with Gasteiger partial charge in [-0.3, -0.25) is 0 Å². The van der Waals surface area contributed by atoms with E-state index in [4.69, 9.17) is 15.0 Å². The van der Waals surface area contributed by atoms with Gasteiger partial charge in [-0.2, -0.15) is 26.3 Å². The third-order valence-electron chi connectivity index (χ3n) is 9.97. The number of fused-ring (bicyclic) bond motifs is 3. The SMILES string of the molecule is Fc1cccc(-c2ccc(-c3nc(-c4ccccc4)nc(-c4ccccc4)n3)c(-n3c4ccccc4c4ccc(-c5ccc(C(F)(F)F)cc5C(F)(F)F)cc43)c2)c1. The summed E-state index contributed by atoms with van der Waals surface area (Å²) in [4.78, 5) is 14.8. The van der Waals surface area contributed by atoms with Crippen molar-refractivity contribution in [3.63, 3.8) is 0 Å². The Hall–Kier alpha value is -7.14. The van der Waals surface area contributed by atoms with Gasteiger partial charge in [0, 0.05) is 27.5 Å². The fraction of sp³-hybridized carbons (Fsp3) is 0.0426. The highest BCUT2D eigenvalue weighted by atomic mass is 19.4. The maximum Gasteiger partial charge on any atom is 0.417 e. The lowest BCUT2D eigenvalue weighted by atomic mass is 9.96. The second-order valence-electron chi connectivity index (χ2n) is 13.6. The molecule has 0 fully saturated rings. The lowest BCUT2D eigenvalue weighted by Crippen LogP contribution is -2.12. The zero-order valence-electron chi connectivity index (χ0n) is 30.0. The van der Waals surface area contributed by atoms with Gasteiger partial charge in [-0.05, 0) is 70.8 Å². The molecule has 4 nitrogen and oxygen atoms in total. The van der Waals surface area contributed by atoms with E-state index in [0.717, 1.165) is 22.6 Å². The highest BCUT2D eigenvalue weighted by molar-refractivity contribution is 6.11. The molecule has 11 heteroatoms. The molecule has 0 bridgehead atoms. The Morgan fingerprint density at radius 3 is 1.62 bits per heavy atom. The van der Waals surface area contributed by atoms with E-state index in [2.05, 4.69) is 0 Å². The Bertz CT molecular complexity index is 2930. The van der Waals surface area contributed by atoms with E-state index in [-0.39, 0.29) is 17.5 Å². The van der Waals surface area contributed by atoms with E-state index < -0.39 is 34.9 Å². The molecule has 0 aliphatic carbocycles. The van der Waals surface area contributed by atoms with E-state index in [1.165, 1.54) is 18.2 Å². The van der Waals surface area contributed by atoms with Crippen LogP contribution in [0.15, 0.2) is 164 Å². The van der Waals surface area contributed by atoms with Gasteiger partial charge in [-0.1, -0.05) is 115 Å². The molecule has 9 rings (SSSR count). The van der Waals surface area contributed by atoms with Crippen molar-refractivity contribution in [1.82, 2.24) is 19.5 Å². The van der Waals surface area contributed by atoms with Gasteiger partial charge in [0.15, 0.2) is 17.5 Å². The second kappa shape index (κ2) is 14.1. The largest absolute Gasteiger partial charge is 0.417 e. The van der Waals surface area contributed by atoms with Crippen molar-refractivity contribution in [3.8, 4) is 62.1 Å². The van der Waals surface area contributed by atoms with Crippen LogP contribution in [0.25, 0.3) is 83.9 Å². The molecule has 0 aliphatic heterocycles. The number of hydrogen-bond acceptors (Lipinski definition) is 3. The van der Waals surface area contributed by atoms with E-state index in [9.17, 15) is 30.7 Å². The van der Waals surface area contributed by atoms with Crippen LogP contribution < -0.4 is 0 Å². The molecule has 9 aromatic rings. The maximum atomic E-state index is 14.6. The lowest BCUT2D eigenvalue weighted by Gasteiger charge is -2.18. The van der Waals surface area contributed by atoms with Crippen LogP contribution in [0.5, 0.6) is 0 Å². The van der Waals surface area contributed by atoms with Crippen molar-refractivity contribution in [3.05, 3.63) is 181 Å². The van der Waals surface area contributed by atoms with Crippen LogP contribution in [-0.2, 0) is 12.4 Å². The van der Waals surface area contributed by atoms with Gasteiger partial charge < -0.3 is 4.57 Å². The van der Waals surface area contributed by atoms with Gasteiger partial charge in [0.05, 0.1) is 27.8 Å². The summed E-state index contributed by atoms with van der Waals surface area (Å²) < 4.78 is 101. The number of halogens is 7. The summed E-state index contributed by atoms with van der Waals surface area (Å²) in [6.45, 7) is 0. The smallest absolute Gasteiger partial charge is 0.308 e. The third-order valence-corrected chi connectivity index (χ3v) is 9.97. The van der Waals surface area contributed by atoms with Crippen molar-refractivity contribution in [2.45, 2.75) is 12.4 Å². The van der Waals surface area contributed by atoms with Gasteiger partial charge in [-0.15, -0.1) is 0 Å². The Balaban J connectivity index is 1.35. The van der Waals surface area contributed by atoms with Crippen LogP contribution in [-0.4, -0.2) is 19.5 Å². The monoisotopic (exact) mass is 780 g/mol. The van der Waals surface area contributed by atoms with Crippen LogP contribution in [0.1, 0.15) is 11.1 Å². The van der Waals surface area contributed by atoms with E-state index in [1.807, 2.05) is 108 Å². The minimum Gasteiger partial charge on any atom is -0.308 e. The molecule has 0 N–H and O–H groups in total. The lowest BCUT2D eigenvalue weighted by molar-refractivity contribution is -0.142. The average Bonchev–Trinajstić information content (AvgIpc) is 3.56. The summed E-state index contributed by atoms with van der Waals surface area (Å²) in [5.41, 5.74) is 1.67. The molecule has 284 valence electrons. The first-order valence-corrected chi connectivity index (χ1v) is 18.0. The number of nitrogens with zero attached hydrogens (tertiary/aromatic N) is 4. The molecule has 0 spiro atoms. The minimum absolute atomic E-state index is 0.0540. The Morgan fingerprint density at radius 1 is 0.397 bits per heavy atom. The van der Waals surface area contributed by atoms with Crippen LogP contribution in [0.4, 0.5) is 30.7 Å². The fourth-order valence-electron chi connectivity index (χ4n) is 7.29. The van der Waals surface area contributed by atoms with Crippen molar-refractivity contribution in [2.75, 3.05) is 0 Å². The van der Waals surface area contributed by atoms with E-state index in [0.29, 0.717) is 56.5 Å². The van der Waals surface area contributed by atoms with Gasteiger partial charge in [0.1, 0.15) is 5.82 Å². The summed E-state index contributed by atoms with van der Waals surface area (Å²) in [5.74, 6) is 0.643. The Labute approximate surface area is 326 Å². The predicted molar refractivity (Wildman–Crippen MR) is 211 cm³/mol.